The van der Waals surface area contributed by atoms with E-state index in [1.54, 1.807) is 6.20 Å². The van der Waals surface area contributed by atoms with Crippen molar-refractivity contribution >= 4 is 17.3 Å². The number of aryl methyl sites for hydroxylation is 1. The number of hydrogen-bond acceptors (Lipinski definition) is 4. The Kier molecular flexibility index (Phi) is 4.02. The van der Waals surface area contributed by atoms with Crippen LogP contribution >= 0.6 is 0 Å². The summed E-state index contributed by atoms with van der Waals surface area (Å²) < 4.78 is 6.05. The maximum Gasteiger partial charge on any atom is 0.181 e. The van der Waals surface area contributed by atoms with Crippen molar-refractivity contribution in [3.05, 3.63) is 96.3 Å². The summed E-state index contributed by atoms with van der Waals surface area (Å²) in [6.45, 7) is 2.57. The van der Waals surface area contributed by atoms with Gasteiger partial charge in [-0.2, -0.15) is 0 Å². The molecule has 0 atom stereocenters. The van der Waals surface area contributed by atoms with Crippen molar-refractivity contribution in [2.24, 2.45) is 0 Å². The molecule has 28 heavy (non-hydrogen) atoms. The van der Waals surface area contributed by atoms with Gasteiger partial charge in [0.2, 0.25) is 0 Å². The predicted molar refractivity (Wildman–Crippen MR) is 111 cm³/mol. The summed E-state index contributed by atoms with van der Waals surface area (Å²) in [6, 6.07) is 24.7. The number of aromatic nitrogens is 2. The summed E-state index contributed by atoms with van der Waals surface area (Å²) in [5.74, 6) is 2.35. The molecule has 0 bridgehead atoms. The zero-order valence-electron chi connectivity index (χ0n) is 15.5. The van der Waals surface area contributed by atoms with E-state index in [4.69, 9.17) is 9.72 Å². The van der Waals surface area contributed by atoms with Crippen LogP contribution in [0.5, 0.6) is 5.75 Å². The Bertz CT molecular complexity index is 1090. The van der Waals surface area contributed by atoms with E-state index in [2.05, 4.69) is 65.3 Å². The van der Waals surface area contributed by atoms with Crippen molar-refractivity contribution in [1.82, 2.24) is 9.97 Å². The summed E-state index contributed by atoms with van der Waals surface area (Å²) >= 11 is 0. The molecule has 2 aromatic carbocycles. The number of fused-ring (bicyclic) bond motifs is 2. The molecule has 0 amide bonds. The number of hydrogen-bond donors (Lipinski definition) is 0. The first-order valence-electron chi connectivity index (χ1n) is 9.29. The fourth-order valence-corrected chi connectivity index (χ4v) is 3.58. The average Bonchev–Trinajstić information content (AvgIpc) is 2.91. The van der Waals surface area contributed by atoms with Crippen molar-refractivity contribution in [3.8, 4) is 16.9 Å². The van der Waals surface area contributed by atoms with Crippen molar-refractivity contribution < 1.29 is 4.74 Å². The lowest BCUT2D eigenvalue weighted by Gasteiger charge is -2.26. The fraction of sp³-hybridized carbons (Fsp3) is 0.0833. The molecule has 0 saturated heterocycles. The van der Waals surface area contributed by atoms with Crippen molar-refractivity contribution in [2.75, 3.05) is 4.90 Å². The zero-order valence-corrected chi connectivity index (χ0v) is 15.5. The number of anilines is 3. The normalized spacial score (nSPS) is 12.5. The smallest absolute Gasteiger partial charge is 0.181 e. The Morgan fingerprint density at radius 3 is 2.46 bits per heavy atom. The third kappa shape index (κ3) is 2.79. The first kappa shape index (κ1) is 16.5. The molecule has 0 N–H and O–H groups in total. The second-order valence-electron chi connectivity index (χ2n) is 6.82. The van der Waals surface area contributed by atoms with Crippen molar-refractivity contribution in [2.45, 2.75) is 13.5 Å². The number of benzene rings is 2. The lowest BCUT2D eigenvalue weighted by Crippen LogP contribution is -2.14. The molecule has 2 aromatic heterocycles. The highest BCUT2D eigenvalue weighted by atomic mass is 16.5. The van der Waals surface area contributed by atoms with E-state index in [-0.39, 0.29) is 0 Å². The van der Waals surface area contributed by atoms with Gasteiger partial charge in [0.1, 0.15) is 12.4 Å². The molecule has 0 fully saturated rings. The molecule has 5 rings (SSSR count). The highest BCUT2D eigenvalue weighted by Gasteiger charge is 2.27. The van der Waals surface area contributed by atoms with E-state index in [0.717, 1.165) is 39.8 Å². The van der Waals surface area contributed by atoms with E-state index in [1.165, 1.54) is 5.56 Å². The summed E-state index contributed by atoms with van der Waals surface area (Å²) in [5, 5.41) is 0. The van der Waals surface area contributed by atoms with Crippen LogP contribution in [0.15, 0.2) is 85.2 Å². The van der Waals surface area contributed by atoms with E-state index >= 15 is 0 Å². The lowest BCUT2D eigenvalue weighted by atomic mass is 10.00. The molecule has 0 unspecified atom stereocenters. The number of nitrogens with zero attached hydrogens (tertiary/aromatic N) is 3. The molecule has 0 aliphatic carbocycles. The molecule has 0 saturated carbocycles. The molecular weight excluding hydrogens is 346 g/mol. The van der Waals surface area contributed by atoms with Crippen LogP contribution in [0, 0.1) is 6.92 Å². The van der Waals surface area contributed by atoms with Crippen LogP contribution in [-0.4, -0.2) is 9.97 Å². The van der Waals surface area contributed by atoms with E-state index in [1.807, 2.05) is 30.5 Å². The standard InChI is InChI=1S/C24H19N3O/c1-17-11-12-21(20(15-17)18-7-3-2-4-8-18)27-23-19(9-5-13-25-23)16-28-22-10-6-14-26-24(22)27/h2-15H,16H2,1H3. The molecule has 0 spiro atoms. The number of pyridine rings is 2. The molecule has 4 aromatic rings. The molecule has 1 aliphatic rings. The third-order valence-corrected chi connectivity index (χ3v) is 4.90. The number of ether oxygens (including phenoxy) is 1. The molecule has 1 aliphatic heterocycles. The van der Waals surface area contributed by atoms with Gasteiger partial charge in [-0.05, 0) is 42.8 Å². The minimum absolute atomic E-state index is 0.463. The highest BCUT2D eigenvalue weighted by molar-refractivity contribution is 5.88. The van der Waals surface area contributed by atoms with Gasteiger partial charge >= 0.3 is 0 Å². The first-order chi connectivity index (χ1) is 13.8. The molecule has 136 valence electrons. The van der Waals surface area contributed by atoms with Crippen LogP contribution < -0.4 is 9.64 Å². The van der Waals surface area contributed by atoms with Gasteiger partial charge in [0.25, 0.3) is 0 Å². The molecule has 4 nitrogen and oxygen atoms in total. The van der Waals surface area contributed by atoms with Crippen molar-refractivity contribution in [3.63, 3.8) is 0 Å². The van der Waals surface area contributed by atoms with Crippen LogP contribution in [0.1, 0.15) is 11.1 Å². The fourth-order valence-electron chi connectivity index (χ4n) is 3.58. The third-order valence-electron chi connectivity index (χ3n) is 4.90. The van der Waals surface area contributed by atoms with Gasteiger partial charge in [-0.15, -0.1) is 0 Å². The van der Waals surface area contributed by atoms with E-state index < -0.39 is 0 Å². The predicted octanol–water partition coefficient (Wildman–Crippen LogP) is 5.81. The van der Waals surface area contributed by atoms with Crippen LogP contribution in [0.3, 0.4) is 0 Å². The monoisotopic (exact) mass is 365 g/mol. The molecule has 0 radical (unpaired) electrons. The topological polar surface area (TPSA) is 38.2 Å². The average molecular weight is 365 g/mol. The van der Waals surface area contributed by atoms with Crippen LogP contribution in [-0.2, 0) is 6.61 Å². The number of rotatable bonds is 2. The van der Waals surface area contributed by atoms with Gasteiger partial charge < -0.3 is 4.74 Å². The van der Waals surface area contributed by atoms with Gasteiger partial charge in [0.05, 0.1) is 5.69 Å². The van der Waals surface area contributed by atoms with E-state index in [0.29, 0.717) is 6.61 Å². The summed E-state index contributed by atoms with van der Waals surface area (Å²) in [4.78, 5) is 11.5. The van der Waals surface area contributed by atoms with Crippen molar-refractivity contribution in [1.29, 1.82) is 0 Å². The summed E-state index contributed by atoms with van der Waals surface area (Å²) in [5.41, 5.74) is 5.55. The Hall–Kier alpha value is -3.66. The van der Waals surface area contributed by atoms with Crippen LogP contribution in [0.25, 0.3) is 11.1 Å². The van der Waals surface area contributed by atoms with Gasteiger partial charge in [-0.3, -0.25) is 4.90 Å². The largest absolute Gasteiger partial charge is 0.485 e. The van der Waals surface area contributed by atoms with Gasteiger partial charge in [-0.1, -0.05) is 48.0 Å². The second kappa shape index (κ2) is 6.82. The van der Waals surface area contributed by atoms with Gasteiger partial charge in [0, 0.05) is 23.5 Å². The summed E-state index contributed by atoms with van der Waals surface area (Å²) in [7, 11) is 0. The minimum atomic E-state index is 0.463. The Morgan fingerprint density at radius 1 is 0.821 bits per heavy atom. The second-order valence-corrected chi connectivity index (χ2v) is 6.82. The SMILES string of the molecule is Cc1ccc(N2c3ncccc3COc3cccnc32)c(-c2ccccc2)c1. The Labute approximate surface area is 164 Å². The molecule has 4 heteroatoms. The minimum Gasteiger partial charge on any atom is -0.485 e. The quantitative estimate of drug-likeness (QED) is 0.449. The Balaban J connectivity index is 1.81. The Morgan fingerprint density at radius 2 is 1.61 bits per heavy atom. The first-order valence-corrected chi connectivity index (χ1v) is 9.29. The van der Waals surface area contributed by atoms with Gasteiger partial charge in [0.15, 0.2) is 11.6 Å². The summed E-state index contributed by atoms with van der Waals surface area (Å²) in [6.07, 6.45) is 3.61. The zero-order chi connectivity index (χ0) is 18.9. The maximum absolute atomic E-state index is 6.05. The van der Waals surface area contributed by atoms with Gasteiger partial charge in [-0.25, -0.2) is 9.97 Å². The van der Waals surface area contributed by atoms with E-state index in [9.17, 15) is 0 Å². The highest BCUT2D eigenvalue weighted by Crippen LogP contribution is 2.45. The van der Waals surface area contributed by atoms with Crippen LogP contribution in [0.2, 0.25) is 0 Å². The lowest BCUT2D eigenvalue weighted by molar-refractivity contribution is 0.309. The molecular formula is C24H19N3O. The van der Waals surface area contributed by atoms with Crippen LogP contribution in [0.4, 0.5) is 17.3 Å². The maximum atomic E-state index is 6.05. The molecule has 3 heterocycles.